The number of likely N-dealkylation sites (N-methyl/N-ethyl adjacent to an activating group) is 1. The molecular formula is C27H28Cl3N3O4S. The number of amides is 2. The Morgan fingerprint density at radius 1 is 0.921 bits per heavy atom. The normalized spacial score (nSPS) is 12.1. The molecule has 0 aliphatic carbocycles. The second-order valence-corrected chi connectivity index (χ2v) is 11.8. The van der Waals surface area contributed by atoms with Crippen molar-refractivity contribution in [3.05, 3.63) is 92.9 Å². The number of anilines is 1. The highest BCUT2D eigenvalue weighted by atomic mass is 35.5. The van der Waals surface area contributed by atoms with Gasteiger partial charge in [0.15, 0.2) is 0 Å². The number of sulfonamides is 1. The van der Waals surface area contributed by atoms with Crippen molar-refractivity contribution in [2.24, 2.45) is 0 Å². The highest BCUT2D eigenvalue weighted by molar-refractivity contribution is 7.92. The molecule has 0 radical (unpaired) electrons. The van der Waals surface area contributed by atoms with Gasteiger partial charge in [0.2, 0.25) is 11.8 Å². The summed E-state index contributed by atoms with van der Waals surface area (Å²) in [6.45, 7) is 5.00. The topological polar surface area (TPSA) is 86.8 Å². The van der Waals surface area contributed by atoms with E-state index in [-0.39, 0.29) is 33.1 Å². The third kappa shape index (κ3) is 7.20. The molecule has 0 spiro atoms. The van der Waals surface area contributed by atoms with Crippen LogP contribution in [0, 0.1) is 6.92 Å². The van der Waals surface area contributed by atoms with Crippen LogP contribution in [0.5, 0.6) is 0 Å². The number of carbonyl (C=O) groups is 2. The third-order valence-corrected chi connectivity index (χ3v) is 8.43. The molecule has 3 aromatic carbocycles. The number of hydrogen-bond donors (Lipinski definition) is 1. The molecule has 0 aliphatic heterocycles. The lowest BCUT2D eigenvalue weighted by atomic mass is 10.1. The lowest BCUT2D eigenvalue weighted by molar-refractivity contribution is -0.139. The van der Waals surface area contributed by atoms with Crippen LogP contribution in [0.1, 0.15) is 25.0 Å². The molecular weight excluding hydrogens is 569 g/mol. The van der Waals surface area contributed by atoms with E-state index in [1.54, 1.807) is 50.2 Å². The van der Waals surface area contributed by atoms with Crippen molar-refractivity contribution in [3.8, 4) is 0 Å². The van der Waals surface area contributed by atoms with Crippen molar-refractivity contribution < 1.29 is 18.0 Å². The first-order valence-corrected chi connectivity index (χ1v) is 14.4. The smallest absolute Gasteiger partial charge is 0.264 e. The van der Waals surface area contributed by atoms with Crippen molar-refractivity contribution in [1.29, 1.82) is 0 Å². The molecule has 7 nitrogen and oxygen atoms in total. The fourth-order valence-electron chi connectivity index (χ4n) is 3.72. The molecule has 3 rings (SSSR count). The van der Waals surface area contributed by atoms with Crippen LogP contribution in [0.25, 0.3) is 0 Å². The second kappa shape index (κ2) is 12.8. The van der Waals surface area contributed by atoms with Crippen LogP contribution in [0.2, 0.25) is 15.1 Å². The fraction of sp³-hybridized carbons (Fsp3) is 0.259. The summed E-state index contributed by atoms with van der Waals surface area (Å²) >= 11 is 18.6. The van der Waals surface area contributed by atoms with Crippen molar-refractivity contribution in [1.82, 2.24) is 10.2 Å². The van der Waals surface area contributed by atoms with Gasteiger partial charge in [-0.2, -0.15) is 0 Å². The van der Waals surface area contributed by atoms with E-state index in [1.165, 1.54) is 35.2 Å². The number of hydrogen-bond acceptors (Lipinski definition) is 4. The first kappa shape index (κ1) is 29.8. The predicted octanol–water partition coefficient (Wildman–Crippen LogP) is 5.70. The number of carbonyl (C=O) groups excluding carboxylic acids is 2. The summed E-state index contributed by atoms with van der Waals surface area (Å²) in [7, 11) is -4.25. The highest BCUT2D eigenvalue weighted by Crippen LogP contribution is 2.33. The van der Waals surface area contributed by atoms with E-state index in [1.807, 2.05) is 6.92 Å². The summed E-state index contributed by atoms with van der Waals surface area (Å²) in [5.41, 5.74) is 1.63. The van der Waals surface area contributed by atoms with Gasteiger partial charge in [-0.05, 0) is 68.8 Å². The van der Waals surface area contributed by atoms with Crippen molar-refractivity contribution in [3.63, 3.8) is 0 Å². The molecule has 0 aliphatic rings. The first-order chi connectivity index (χ1) is 17.9. The fourth-order valence-corrected chi connectivity index (χ4v) is 5.71. The number of rotatable bonds is 10. The van der Waals surface area contributed by atoms with Gasteiger partial charge in [-0.25, -0.2) is 8.42 Å². The van der Waals surface area contributed by atoms with Gasteiger partial charge in [0, 0.05) is 23.1 Å². The molecule has 0 saturated carbocycles. The molecule has 11 heteroatoms. The number of halogens is 3. The molecule has 1 unspecified atom stereocenters. The largest absolute Gasteiger partial charge is 0.355 e. The van der Waals surface area contributed by atoms with Crippen LogP contribution in [0.3, 0.4) is 0 Å². The molecule has 0 saturated heterocycles. The van der Waals surface area contributed by atoms with Crippen LogP contribution >= 0.6 is 34.8 Å². The minimum atomic E-state index is -4.25. The van der Waals surface area contributed by atoms with E-state index in [0.717, 1.165) is 9.87 Å². The molecule has 1 atom stereocenters. The van der Waals surface area contributed by atoms with Gasteiger partial charge in [-0.1, -0.05) is 64.6 Å². The van der Waals surface area contributed by atoms with Crippen molar-refractivity contribution >= 4 is 62.3 Å². The average molecular weight is 597 g/mol. The van der Waals surface area contributed by atoms with Crippen LogP contribution in [0.15, 0.2) is 71.6 Å². The summed E-state index contributed by atoms with van der Waals surface area (Å²) in [5, 5.41) is 3.58. The number of benzene rings is 3. The quantitative estimate of drug-likeness (QED) is 0.325. The zero-order valence-electron chi connectivity index (χ0n) is 21.1. The molecule has 2 amide bonds. The Morgan fingerprint density at radius 2 is 1.53 bits per heavy atom. The van der Waals surface area contributed by atoms with Crippen LogP contribution < -0.4 is 9.62 Å². The Balaban J connectivity index is 2.07. The van der Waals surface area contributed by atoms with E-state index < -0.39 is 28.5 Å². The van der Waals surface area contributed by atoms with Gasteiger partial charge in [0.05, 0.1) is 15.6 Å². The Labute approximate surface area is 238 Å². The zero-order chi connectivity index (χ0) is 28.0. The summed E-state index contributed by atoms with van der Waals surface area (Å²) in [5.74, 6) is -0.978. The average Bonchev–Trinajstić information content (AvgIpc) is 2.88. The van der Waals surface area contributed by atoms with E-state index in [0.29, 0.717) is 17.1 Å². The number of nitrogens with zero attached hydrogens (tertiary/aromatic N) is 2. The van der Waals surface area contributed by atoms with Gasteiger partial charge in [0.1, 0.15) is 12.6 Å². The molecule has 1 N–H and O–H groups in total. The van der Waals surface area contributed by atoms with Crippen LogP contribution in [0.4, 0.5) is 5.69 Å². The van der Waals surface area contributed by atoms with Crippen molar-refractivity contribution in [2.75, 3.05) is 17.4 Å². The Hall–Kier alpha value is -2.78. The summed E-state index contributed by atoms with van der Waals surface area (Å²) in [4.78, 5) is 27.9. The number of aryl methyl sites for hydroxylation is 1. The summed E-state index contributed by atoms with van der Waals surface area (Å²) in [6.07, 6.45) is 0. The lowest BCUT2D eigenvalue weighted by Gasteiger charge is -2.32. The lowest BCUT2D eigenvalue weighted by Crippen LogP contribution is -2.51. The Kier molecular flexibility index (Phi) is 10.1. The van der Waals surface area contributed by atoms with Gasteiger partial charge in [-0.15, -0.1) is 0 Å². The molecule has 0 bridgehead atoms. The monoisotopic (exact) mass is 595 g/mol. The summed E-state index contributed by atoms with van der Waals surface area (Å²) < 4.78 is 28.6. The predicted molar refractivity (Wildman–Crippen MR) is 152 cm³/mol. The zero-order valence-corrected chi connectivity index (χ0v) is 24.2. The van der Waals surface area contributed by atoms with E-state index in [2.05, 4.69) is 5.32 Å². The standard InChI is InChI=1S/C27H28Cl3N3O4S/c1-4-31-27(35)19(3)32(16-20-7-9-21(28)10-8-20)26(34)17-33(25-15-22(29)11-14-24(25)30)38(36,37)23-12-5-18(2)6-13-23/h5-15,19H,4,16-17H2,1-3H3,(H,31,35). The number of nitrogens with one attached hydrogen (secondary N) is 1. The Morgan fingerprint density at radius 3 is 2.13 bits per heavy atom. The maximum absolute atomic E-state index is 13.8. The van der Waals surface area contributed by atoms with Gasteiger partial charge in [-0.3, -0.25) is 13.9 Å². The molecule has 0 aromatic heterocycles. The Bertz CT molecular complexity index is 1400. The maximum atomic E-state index is 13.8. The second-order valence-electron chi connectivity index (χ2n) is 8.64. The van der Waals surface area contributed by atoms with Gasteiger partial charge >= 0.3 is 0 Å². The maximum Gasteiger partial charge on any atom is 0.264 e. The minimum Gasteiger partial charge on any atom is -0.355 e. The van der Waals surface area contributed by atoms with E-state index >= 15 is 0 Å². The SMILES string of the molecule is CCNC(=O)C(C)N(Cc1ccc(Cl)cc1)C(=O)CN(c1cc(Cl)ccc1Cl)S(=O)(=O)c1ccc(C)cc1. The molecule has 0 fully saturated rings. The third-order valence-electron chi connectivity index (χ3n) is 5.85. The van der Waals surface area contributed by atoms with Crippen molar-refractivity contribution in [2.45, 2.75) is 38.3 Å². The first-order valence-electron chi connectivity index (χ1n) is 11.8. The molecule has 202 valence electrons. The van der Waals surface area contributed by atoms with Crippen LogP contribution in [-0.4, -0.2) is 44.3 Å². The molecule has 38 heavy (non-hydrogen) atoms. The van der Waals surface area contributed by atoms with Crippen LogP contribution in [-0.2, 0) is 26.2 Å². The molecule has 0 heterocycles. The highest BCUT2D eigenvalue weighted by Gasteiger charge is 2.33. The van der Waals surface area contributed by atoms with Gasteiger partial charge in [0.25, 0.3) is 10.0 Å². The van der Waals surface area contributed by atoms with E-state index in [4.69, 9.17) is 34.8 Å². The molecule has 3 aromatic rings. The summed E-state index contributed by atoms with van der Waals surface area (Å²) in [6, 6.07) is 16.6. The van der Waals surface area contributed by atoms with E-state index in [9.17, 15) is 18.0 Å². The minimum absolute atomic E-state index is 0.0204. The van der Waals surface area contributed by atoms with Gasteiger partial charge < -0.3 is 10.2 Å².